The van der Waals surface area contributed by atoms with E-state index < -0.39 is 0 Å². The second-order valence-corrected chi connectivity index (χ2v) is 6.12. The SMILES string of the molecule is CCc1cc(/C=C2/N=C(C(C)(C)C)NC2=O)ccc1OC. The van der Waals surface area contributed by atoms with Gasteiger partial charge in [0.2, 0.25) is 0 Å². The molecule has 0 fully saturated rings. The maximum absolute atomic E-state index is 12.0. The zero-order valence-electron chi connectivity index (χ0n) is 13.3. The van der Waals surface area contributed by atoms with Gasteiger partial charge in [-0.1, -0.05) is 33.8 Å². The molecule has 1 heterocycles. The molecule has 0 saturated heterocycles. The average Bonchev–Trinajstić information content (AvgIpc) is 2.80. The zero-order chi connectivity index (χ0) is 15.6. The summed E-state index contributed by atoms with van der Waals surface area (Å²) in [5.41, 5.74) is 2.36. The van der Waals surface area contributed by atoms with Crippen LogP contribution >= 0.6 is 0 Å². The molecule has 1 aromatic carbocycles. The predicted molar refractivity (Wildman–Crippen MR) is 85.4 cm³/mol. The van der Waals surface area contributed by atoms with Crippen molar-refractivity contribution in [2.24, 2.45) is 10.4 Å². The lowest BCUT2D eigenvalue weighted by atomic mass is 9.95. The number of carbonyl (C=O) groups is 1. The third-order valence-electron chi connectivity index (χ3n) is 3.40. The number of nitrogens with one attached hydrogen (secondary N) is 1. The highest BCUT2D eigenvalue weighted by molar-refractivity contribution is 6.15. The van der Waals surface area contributed by atoms with Gasteiger partial charge in [0.1, 0.15) is 17.3 Å². The van der Waals surface area contributed by atoms with Crippen molar-refractivity contribution in [3.63, 3.8) is 0 Å². The van der Waals surface area contributed by atoms with E-state index in [9.17, 15) is 4.79 Å². The van der Waals surface area contributed by atoms with E-state index in [0.717, 1.165) is 23.3 Å². The predicted octanol–water partition coefficient (Wildman–Crippen LogP) is 3.17. The molecule has 112 valence electrons. The molecule has 0 aromatic heterocycles. The fraction of sp³-hybridized carbons (Fsp3) is 0.412. The van der Waals surface area contributed by atoms with E-state index in [2.05, 4.69) is 17.2 Å². The van der Waals surface area contributed by atoms with Crippen LogP contribution in [0.4, 0.5) is 0 Å². The van der Waals surface area contributed by atoms with E-state index in [1.165, 1.54) is 0 Å². The van der Waals surface area contributed by atoms with Crippen LogP contribution in [0.2, 0.25) is 0 Å². The summed E-state index contributed by atoms with van der Waals surface area (Å²) in [6.45, 7) is 8.15. The van der Waals surface area contributed by atoms with Crippen LogP contribution < -0.4 is 10.1 Å². The van der Waals surface area contributed by atoms with E-state index >= 15 is 0 Å². The first-order chi connectivity index (χ1) is 9.85. The summed E-state index contributed by atoms with van der Waals surface area (Å²) in [5, 5.41) is 2.83. The number of amides is 1. The third-order valence-corrected chi connectivity index (χ3v) is 3.40. The van der Waals surface area contributed by atoms with E-state index in [0.29, 0.717) is 11.5 Å². The molecule has 0 unspecified atom stereocenters. The van der Waals surface area contributed by atoms with Gasteiger partial charge in [0.15, 0.2) is 0 Å². The molecular formula is C17H22N2O2. The highest BCUT2D eigenvalue weighted by atomic mass is 16.5. The van der Waals surface area contributed by atoms with Crippen LogP contribution in [0.3, 0.4) is 0 Å². The Kier molecular flexibility index (Phi) is 4.16. The summed E-state index contributed by atoms with van der Waals surface area (Å²) < 4.78 is 5.32. The summed E-state index contributed by atoms with van der Waals surface area (Å²) >= 11 is 0. The summed E-state index contributed by atoms with van der Waals surface area (Å²) in [7, 11) is 1.66. The minimum atomic E-state index is -0.167. The molecule has 0 spiro atoms. The largest absolute Gasteiger partial charge is 0.496 e. The number of carbonyl (C=O) groups excluding carboxylic acids is 1. The molecule has 1 aliphatic heterocycles. The fourth-order valence-electron chi connectivity index (χ4n) is 2.15. The number of methoxy groups -OCH3 is 1. The highest BCUT2D eigenvalue weighted by Gasteiger charge is 2.28. The molecule has 1 aliphatic rings. The minimum absolute atomic E-state index is 0.145. The van der Waals surface area contributed by atoms with Crippen LogP contribution in [0.1, 0.15) is 38.8 Å². The van der Waals surface area contributed by atoms with E-state index in [-0.39, 0.29) is 11.3 Å². The van der Waals surface area contributed by atoms with Crippen molar-refractivity contribution in [3.8, 4) is 5.75 Å². The number of amidine groups is 1. The molecule has 2 rings (SSSR count). The summed E-state index contributed by atoms with van der Waals surface area (Å²) in [6.07, 6.45) is 2.69. The molecule has 21 heavy (non-hydrogen) atoms. The lowest BCUT2D eigenvalue weighted by Gasteiger charge is -2.16. The Morgan fingerprint density at radius 1 is 1.33 bits per heavy atom. The molecule has 0 bridgehead atoms. The number of aliphatic imine (C=N–C) groups is 1. The third kappa shape index (κ3) is 3.32. The van der Waals surface area contributed by atoms with Crippen LogP contribution in [0.15, 0.2) is 28.9 Å². The van der Waals surface area contributed by atoms with Gasteiger partial charge in [0, 0.05) is 5.41 Å². The molecule has 0 saturated carbocycles. The Labute approximate surface area is 125 Å². The monoisotopic (exact) mass is 286 g/mol. The number of ether oxygens (including phenoxy) is 1. The van der Waals surface area contributed by atoms with Crippen LogP contribution in [-0.4, -0.2) is 18.9 Å². The summed E-state index contributed by atoms with van der Waals surface area (Å²) in [6, 6.07) is 5.89. The van der Waals surface area contributed by atoms with Gasteiger partial charge in [-0.05, 0) is 35.8 Å². The molecule has 0 aliphatic carbocycles. The van der Waals surface area contributed by atoms with Crippen molar-refractivity contribution >= 4 is 17.8 Å². The van der Waals surface area contributed by atoms with Crippen molar-refractivity contribution in [3.05, 3.63) is 35.0 Å². The average molecular weight is 286 g/mol. The lowest BCUT2D eigenvalue weighted by molar-refractivity contribution is -0.115. The second-order valence-electron chi connectivity index (χ2n) is 6.12. The van der Waals surface area contributed by atoms with Crippen molar-refractivity contribution < 1.29 is 9.53 Å². The first kappa shape index (κ1) is 15.3. The topological polar surface area (TPSA) is 50.7 Å². The van der Waals surface area contributed by atoms with E-state index in [1.807, 2.05) is 45.0 Å². The van der Waals surface area contributed by atoms with Gasteiger partial charge in [-0.2, -0.15) is 0 Å². The number of nitrogens with zero attached hydrogens (tertiary/aromatic N) is 1. The Hall–Kier alpha value is -2.10. The number of benzene rings is 1. The standard InChI is InChI=1S/C17H22N2O2/c1-6-12-9-11(7-8-14(12)21-5)10-13-15(20)19-16(18-13)17(2,3)4/h7-10H,6H2,1-5H3,(H,18,19,20)/b13-10+. The van der Waals surface area contributed by atoms with Crippen molar-refractivity contribution in [2.75, 3.05) is 7.11 Å². The van der Waals surface area contributed by atoms with Gasteiger partial charge in [0.05, 0.1) is 7.11 Å². The Balaban J connectivity index is 2.36. The van der Waals surface area contributed by atoms with Gasteiger partial charge < -0.3 is 10.1 Å². The number of hydrogen-bond acceptors (Lipinski definition) is 3. The van der Waals surface area contributed by atoms with Gasteiger partial charge in [0.25, 0.3) is 5.91 Å². The number of hydrogen-bond donors (Lipinski definition) is 1. The highest BCUT2D eigenvalue weighted by Crippen LogP contribution is 2.24. The maximum atomic E-state index is 12.0. The zero-order valence-corrected chi connectivity index (χ0v) is 13.3. The minimum Gasteiger partial charge on any atom is -0.496 e. The number of aryl methyl sites for hydroxylation is 1. The maximum Gasteiger partial charge on any atom is 0.275 e. The first-order valence-corrected chi connectivity index (χ1v) is 7.14. The Bertz CT molecular complexity index is 622. The Morgan fingerprint density at radius 3 is 2.57 bits per heavy atom. The van der Waals surface area contributed by atoms with Gasteiger partial charge in [-0.15, -0.1) is 0 Å². The van der Waals surface area contributed by atoms with Gasteiger partial charge >= 0.3 is 0 Å². The smallest absolute Gasteiger partial charge is 0.275 e. The van der Waals surface area contributed by atoms with Crippen LogP contribution in [0.25, 0.3) is 6.08 Å². The van der Waals surface area contributed by atoms with Crippen LogP contribution in [0, 0.1) is 5.41 Å². The number of rotatable bonds is 3. The first-order valence-electron chi connectivity index (χ1n) is 7.14. The Morgan fingerprint density at radius 2 is 2.05 bits per heavy atom. The summed E-state index contributed by atoms with van der Waals surface area (Å²) in [4.78, 5) is 16.4. The van der Waals surface area contributed by atoms with Crippen LogP contribution in [0.5, 0.6) is 5.75 Å². The van der Waals surface area contributed by atoms with Gasteiger partial charge in [-0.25, -0.2) is 4.99 Å². The normalized spacial score (nSPS) is 16.9. The molecule has 0 atom stereocenters. The fourth-order valence-corrected chi connectivity index (χ4v) is 2.15. The second kappa shape index (κ2) is 5.72. The van der Waals surface area contributed by atoms with Crippen molar-refractivity contribution in [2.45, 2.75) is 34.1 Å². The van der Waals surface area contributed by atoms with Crippen molar-refractivity contribution in [1.29, 1.82) is 0 Å². The van der Waals surface area contributed by atoms with Crippen LogP contribution in [-0.2, 0) is 11.2 Å². The van der Waals surface area contributed by atoms with Gasteiger partial charge in [-0.3, -0.25) is 4.79 Å². The molecule has 1 amide bonds. The van der Waals surface area contributed by atoms with E-state index in [1.54, 1.807) is 7.11 Å². The molecule has 1 aromatic rings. The molecule has 1 N–H and O–H groups in total. The molecule has 4 nitrogen and oxygen atoms in total. The molecular weight excluding hydrogens is 264 g/mol. The van der Waals surface area contributed by atoms with E-state index in [4.69, 9.17) is 4.74 Å². The molecule has 0 radical (unpaired) electrons. The lowest BCUT2D eigenvalue weighted by Crippen LogP contribution is -2.34. The molecule has 4 heteroatoms. The quantitative estimate of drug-likeness (QED) is 0.868. The summed E-state index contributed by atoms with van der Waals surface area (Å²) in [5.74, 6) is 1.44. The van der Waals surface area contributed by atoms with Crippen molar-refractivity contribution in [1.82, 2.24) is 5.32 Å².